The summed E-state index contributed by atoms with van der Waals surface area (Å²) in [5, 5.41) is 9.15. The summed E-state index contributed by atoms with van der Waals surface area (Å²) in [6.45, 7) is 5.74. The number of aromatic amines is 1. The van der Waals surface area contributed by atoms with E-state index in [2.05, 4.69) is 15.5 Å². The van der Waals surface area contributed by atoms with Gasteiger partial charge in [-0.05, 0) is 19.3 Å². The van der Waals surface area contributed by atoms with Crippen molar-refractivity contribution >= 4 is 25.6 Å². The highest BCUT2D eigenvalue weighted by Crippen LogP contribution is 2.23. The summed E-state index contributed by atoms with van der Waals surface area (Å²) >= 11 is 0. The molecule has 0 aliphatic carbocycles. The van der Waals surface area contributed by atoms with Crippen LogP contribution in [0.15, 0.2) is 4.90 Å². The fraction of sp³-hybridized carbons (Fsp3) is 0.667. The lowest BCUT2D eigenvalue weighted by atomic mass is 10.1. The van der Waals surface area contributed by atoms with Crippen LogP contribution in [-0.2, 0) is 15.5 Å². The van der Waals surface area contributed by atoms with Crippen LogP contribution in [0.4, 0.5) is 0 Å². The van der Waals surface area contributed by atoms with Crippen LogP contribution < -0.4 is 5.32 Å². The second-order valence-corrected chi connectivity index (χ2v) is 7.04. The van der Waals surface area contributed by atoms with Gasteiger partial charge in [0.1, 0.15) is 4.90 Å². The summed E-state index contributed by atoms with van der Waals surface area (Å²) in [7, 11) is 1.38. The van der Waals surface area contributed by atoms with E-state index in [1.54, 1.807) is 6.92 Å². The van der Waals surface area contributed by atoms with Crippen molar-refractivity contribution in [1.82, 2.24) is 15.5 Å². The number of H-pyrrole nitrogens is 1. The van der Waals surface area contributed by atoms with E-state index in [1.165, 1.54) is 0 Å². The maximum absolute atomic E-state index is 12.2. The highest BCUT2D eigenvalue weighted by Gasteiger charge is 2.28. The van der Waals surface area contributed by atoms with E-state index in [-0.39, 0.29) is 16.6 Å². The van der Waals surface area contributed by atoms with Crippen molar-refractivity contribution in [3.05, 3.63) is 11.4 Å². The van der Waals surface area contributed by atoms with E-state index >= 15 is 0 Å². The quantitative estimate of drug-likeness (QED) is 0.753. The van der Waals surface area contributed by atoms with Gasteiger partial charge >= 0.3 is 0 Å². The van der Waals surface area contributed by atoms with Crippen molar-refractivity contribution in [3.8, 4) is 0 Å². The first-order chi connectivity index (χ1) is 9.35. The summed E-state index contributed by atoms with van der Waals surface area (Å²) in [4.78, 5) is 12.0. The number of rotatable bonds is 7. The van der Waals surface area contributed by atoms with Crippen LogP contribution in [-0.4, -0.2) is 30.6 Å². The fourth-order valence-electron chi connectivity index (χ4n) is 2.00. The number of aromatic nitrogens is 2. The summed E-state index contributed by atoms with van der Waals surface area (Å²) in [5.74, 6) is -0.513. The number of carbonyl (C=O) groups is 1. The van der Waals surface area contributed by atoms with Gasteiger partial charge in [0.05, 0.1) is 5.69 Å². The third kappa shape index (κ3) is 3.96. The number of carbonyl (C=O) groups excluding carboxylic acids is 1. The van der Waals surface area contributed by atoms with Crippen LogP contribution in [0.5, 0.6) is 0 Å². The summed E-state index contributed by atoms with van der Waals surface area (Å²) in [6.07, 6.45) is 2.93. The topological polar surface area (TPSA) is 91.9 Å². The van der Waals surface area contributed by atoms with Crippen LogP contribution in [0.1, 0.15) is 56.2 Å². The predicted molar refractivity (Wildman–Crippen MR) is 77.5 cm³/mol. The third-order valence-corrected chi connectivity index (χ3v) is 4.46. The van der Waals surface area contributed by atoms with Gasteiger partial charge in [-0.2, -0.15) is 5.10 Å². The van der Waals surface area contributed by atoms with Gasteiger partial charge in [0.2, 0.25) is 0 Å². The molecule has 20 heavy (non-hydrogen) atoms. The first kappa shape index (κ1) is 17.0. The molecule has 1 aromatic rings. The number of hydrogen-bond acceptors (Lipinski definition) is 4. The molecular weight excluding hydrogens is 302 g/mol. The zero-order chi connectivity index (χ0) is 15.3. The monoisotopic (exact) mass is 321 g/mol. The minimum atomic E-state index is -4.02. The Morgan fingerprint density at radius 2 is 2.05 bits per heavy atom. The molecule has 0 saturated heterocycles. The van der Waals surface area contributed by atoms with Crippen molar-refractivity contribution in [3.63, 3.8) is 0 Å². The van der Waals surface area contributed by atoms with E-state index in [1.807, 2.05) is 13.8 Å². The Labute approximate surface area is 123 Å². The Bertz CT molecular complexity index is 569. The molecule has 0 saturated carbocycles. The number of hydrogen-bond donors (Lipinski definition) is 2. The Morgan fingerprint density at radius 3 is 2.50 bits per heavy atom. The normalized spacial score (nSPS) is 13.2. The molecule has 0 bridgehead atoms. The van der Waals surface area contributed by atoms with Gasteiger partial charge in [0.15, 0.2) is 5.69 Å². The molecule has 0 aliphatic heterocycles. The minimum Gasteiger partial charge on any atom is -0.348 e. The van der Waals surface area contributed by atoms with Crippen LogP contribution in [0.3, 0.4) is 0 Å². The van der Waals surface area contributed by atoms with Gasteiger partial charge in [0.25, 0.3) is 15.0 Å². The van der Waals surface area contributed by atoms with Crippen molar-refractivity contribution in [2.75, 3.05) is 0 Å². The Balaban J connectivity index is 3.08. The molecule has 1 unspecified atom stereocenters. The van der Waals surface area contributed by atoms with Gasteiger partial charge in [-0.1, -0.05) is 27.2 Å². The molecule has 6 nitrogen and oxygen atoms in total. The maximum Gasteiger partial charge on any atom is 0.273 e. The average Bonchev–Trinajstić information content (AvgIpc) is 2.81. The van der Waals surface area contributed by atoms with E-state index < -0.39 is 15.0 Å². The summed E-state index contributed by atoms with van der Waals surface area (Å²) in [5.41, 5.74) is 0.181. The largest absolute Gasteiger partial charge is 0.348 e. The fourth-order valence-corrected chi connectivity index (χ4v) is 3.36. The van der Waals surface area contributed by atoms with Crippen molar-refractivity contribution in [1.29, 1.82) is 0 Å². The standard InChI is InChI=1S/C12H20ClN3O3S/c1-4-7-8(5-2)14-12(17)10-11(20(13,18)19)9(6-3)15-16-10/h8H,4-7H2,1-3H3,(H,14,17)(H,15,16). The number of aryl methyl sites for hydroxylation is 1. The van der Waals surface area contributed by atoms with Crippen molar-refractivity contribution in [2.24, 2.45) is 0 Å². The molecule has 1 rings (SSSR count). The van der Waals surface area contributed by atoms with Gasteiger partial charge in [-0.25, -0.2) is 8.42 Å². The molecular formula is C12H20ClN3O3S. The highest BCUT2D eigenvalue weighted by molar-refractivity contribution is 8.13. The van der Waals surface area contributed by atoms with Gasteiger partial charge in [-0.3, -0.25) is 9.89 Å². The number of amides is 1. The molecule has 0 fully saturated rings. The highest BCUT2D eigenvalue weighted by atomic mass is 35.7. The second kappa shape index (κ2) is 7.08. The molecule has 2 N–H and O–H groups in total. The number of nitrogens with one attached hydrogen (secondary N) is 2. The summed E-state index contributed by atoms with van der Waals surface area (Å²) in [6, 6.07) is 0.000145. The number of halogens is 1. The van der Waals surface area contributed by atoms with Crippen LogP contribution in [0, 0.1) is 0 Å². The molecule has 114 valence electrons. The average molecular weight is 322 g/mol. The molecule has 0 aliphatic rings. The molecule has 1 atom stereocenters. The molecule has 0 aromatic carbocycles. The molecule has 1 aromatic heterocycles. The van der Waals surface area contributed by atoms with E-state index in [0.29, 0.717) is 12.1 Å². The van der Waals surface area contributed by atoms with Crippen molar-refractivity contribution in [2.45, 2.75) is 57.4 Å². The Hall–Kier alpha value is -1.08. The summed E-state index contributed by atoms with van der Waals surface area (Å²) < 4.78 is 23.2. The lowest BCUT2D eigenvalue weighted by Crippen LogP contribution is -2.35. The van der Waals surface area contributed by atoms with E-state index in [0.717, 1.165) is 19.3 Å². The molecule has 1 heterocycles. The van der Waals surface area contributed by atoms with Gasteiger partial charge in [0, 0.05) is 16.7 Å². The Kier molecular flexibility index (Phi) is 6.01. The van der Waals surface area contributed by atoms with E-state index in [4.69, 9.17) is 10.7 Å². The van der Waals surface area contributed by atoms with Gasteiger partial charge < -0.3 is 5.32 Å². The smallest absolute Gasteiger partial charge is 0.273 e. The molecule has 8 heteroatoms. The van der Waals surface area contributed by atoms with Gasteiger partial charge in [-0.15, -0.1) is 0 Å². The molecule has 0 spiro atoms. The first-order valence-electron chi connectivity index (χ1n) is 6.67. The minimum absolute atomic E-state index is 0.000145. The zero-order valence-electron chi connectivity index (χ0n) is 11.9. The lowest BCUT2D eigenvalue weighted by molar-refractivity contribution is 0.0925. The first-order valence-corrected chi connectivity index (χ1v) is 8.98. The van der Waals surface area contributed by atoms with Crippen molar-refractivity contribution < 1.29 is 13.2 Å². The Morgan fingerprint density at radius 1 is 1.40 bits per heavy atom. The SMILES string of the molecule is CCCC(CC)NC(=O)c1n[nH]c(CC)c1S(=O)(=O)Cl. The van der Waals surface area contributed by atoms with E-state index in [9.17, 15) is 13.2 Å². The third-order valence-electron chi connectivity index (χ3n) is 3.07. The number of nitrogens with zero attached hydrogens (tertiary/aromatic N) is 1. The van der Waals surface area contributed by atoms with Crippen LogP contribution in [0.2, 0.25) is 0 Å². The predicted octanol–water partition coefficient (Wildman–Crippen LogP) is 2.21. The molecule has 1 amide bonds. The zero-order valence-corrected chi connectivity index (χ0v) is 13.4. The maximum atomic E-state index is 12.2. The second-order valence-electron chi connectivity index (χ2n) is 4.54. The van der Waals surface area contributed by atoms with Crippen LogP contribution in [0.25, 0.3) is 0 Å². The molecule has 0 radical (unpaired) electrons. The van der Waals surface area contributed by atoms with Crippen LogP contribution >= 0.6 is 10.7 Å². The lowest BCUT2D eigenvalue weighted by Gasteiger charge is -2.15.